The maximum Gasteiger partial charge on any atom is 0.306 e. The van der Waals surface area contributed by atoms with Gasteiger partial charge in [0.25, 0.3) is 10.1 Å². The third-order valence-corrected chi connectivity index (χ3v) is 9.78. The molecule has 1 fully saturated rings. The summed E-state index contributed by atoms with van der Waals surface area (Å²) in [5, 5.41) is 30.7. The fourth-order valence-electron chi connectivity index (χ4n) is 5.87. The van der Waals surface area contributed by atoms with Crippen LogP contribution in [0.3, 0.4) is 0 Å². The van der Waals surface area contributed by atoms with Gasteiger partial charge in [-0.3, -0.25) is 14.1 Å². The van der Waals surface area contributed by atoms with Crippen molar-refractivity contribution in [2.75, 3.05) is 19.0 Å². The van der Waals surface area contributed by atoms with Gasteiger partial charge in [0.05, 0.1) is 6.61 Å². The molecule has 52 heavy (non-hydrogen) atoms. The van der Waals surface area contributed by atoms with Crippen molar-refractivity contribution in [3.8, 4) is 0 Å². The highest BCUT2D eigenvalue weighted by atomic mass is 32.2. The molecular formula is C39H70O12S. The van der Waals surface area contributed by atoms with Crippen molar-refractivity contribution in [1.29, 1.82) is 0 Å². The monoisotopic (exact) mass is 762 g/mol. The summed E-state index contributed by atoms with van der Waals surface area (Å²) in [6, 6.07) is 0. The average Bonchev–Trinajstić information content (AvgIpc) is 3.10. The van der Waals surface area contributed by atoms with Crippen LogP contribution in [0.15, 0.2) is 24.3 Å². The van der Waals surface area contributed by atoms with Crippen molar-refractivity contribution in [2.24, 2.45) is 0 Å². The summed E-state index contributed by atoms with van der Waals surface area (Å²) in [6.07, 6.45) is 21.0. The second kappa shape index (κ2) is 30.5. The first-order valence-corrected chi connectivity index (χ1v) is 21.5. The van der Waals surface area contributed by atoms with Gasteiger partial charge >= 0.3 is 11.9 Å². The van der Waals surface area contributed by atoms with E-state index in [1.807, 2.05) is 0 Å². The van der Waals surface area contributed by atoms with Crippen molar-refractivity contribution in [2.45, 2.75) is 192 Å². The van der Waals surface area contributed by atoms with Crippen LogP contribution in [0.1, 0.15) is 155 Å². The van der Waals surface area contributed by atoms with E-state index in [4.69, 9.17) is 18.9 Å². The molecule has 12 nitrogen and oxygen atoms in total. The molecule has 2 unspecified atom stereocenters. The van der Waals surface area contributed by atoms with Crippen LogP contribution in [0.2, 0.25) is 0 Å². The van der Waals surface area contributed by atoms with Gasteiger partial charge in [0, 0.05) is 12.8 Å². The minimum absolute atomic E-state index is 0.163. The number of hydrogen-bond acceptors (Lipinski definition) is 11. The lowest BCUT2D eigenvalue weighted by molar-refractivity contribution is -0.297. The fourth-order valence-corrected chi connectivity index (χ4v) is 6.56. The van der Waals surface area contributed by atoms with Gasteiger partial charge in [0.1, 0.15) is 36.8 Å². The van der Waals surface area contributed by atoms with Crippen LogP contribution in [0.4, 0.5) is 0 Å². The van der Waals surface area contributed by atoms with E-state index in [9.17, 15) is 37.9 Å². The predicted molar refractivity (Wildman–Crippen MR) is 201 cm³/mol. The number of carbonyl (C=O) groups excluding carboxylic acids is 2. The molecule has 1 aliphatic heterocycles. The maximum absolute atomic E-state index is 12.7. The predicted octanol–water partition coefficient (Wildman–Crippen LogP) is 6.89. The zero-order valence-corrected chi connectivity index (χ0v) is 32.7. The normalized spacial score (nSPS) is 21.5. The summed E-state index contributed by atoms with van der Waals surface area (Å²) in [7, 11) is -4.60. The third-order valence-electron chi connectivity index (χ3n) is 9.03. The Hall–Kier alpha value is -1.87. The molecular weight excluding hydrogens is 692 g/mol. The lowest BCUT2D eigenvalue weighted by Crippen LogP contribution is -2.60. The van der Waals surface area contributed by atoms with E-state index in [1.165, 1.54) is 51.4 Å². The molecule has 1 aliphatic rings. The SMILES string of the molecule is CCCC/C=C/C/C=C/CCCCCCCC(=O)OC[C@H](CO[C@H]1O[C@H](CS(=O)(=O)O)[C@@H](O)C(O)C1O)OC(=O)CCCCCCCCCCCC. The Kier molecular flexibility index (Phi) is 28.2. The molecule has 0 radical (unpaired) electrons. The van der Waals surface area contributed by atoms with Gasteiger partial charge in [-0.15, -0.1) is 0 Å². The van der Waals surface area contributed by atoms with E-state index in [0.29, 0.717) is 12.8 Å². The lowest BCUT2D eigenvalue weighted by atomic mass is 10.00. The van der Waals surface area contributed by atoms with Crippen molar-refractivity contribution >= 4 is 22.1 Å². The molecule has 0 amide bonds. The Morgan fingerprint density at radius 3 is 1.75 bits per heavy atom. The van der Waals surface area contributed by atoms with Crippen molar-refractivity contribution in [3.05, 3.63) is 24.3 Å². The number of esters is 2. The number of unbranched alkanes of at least 4 members (excludes halogenated alkanes) is 16. The first kappa shape index (κ1) is 48.1. The van der Waals surface area contributed by atoms with Gasteiger partial charge in [-0.1, -0.05) is 128 Å². The van der Waals surface area contributed by atoms with Crippen molar-refractivity contribution in [3.63, 3.8) is 0 Å². The number of aliphatic hydroxyl groups excluding tert-OH is 3. The molecule has 0 saturated carbocycles. The highest BCUT2D eigenvalue weighted by Gasteiger charge is 2.46. The molecule has 4 N–H and O–H groups in total. The molecule has 1 rings (SSSR count). The van der Waals surface area contributed by atoms with E-state index in [0.717, 1.165) is 64.2 Å². The van der Waals surface area contributed by atoms with Crippen LogP contribution in [0, 0.1) is 0 Å². The van der Waals surface area contributed by atoms with Crippen molar-refractivity contribution in [1.82, 2.24) is 0 Å². The quantitative estimate of drug-likeness (QED) is 0.0241. The lowest BCUT2D eigenvalue weighted by Gasteiger charge is -2.40. The number of carbonyl (C=O) groups is 2. The van der Waals surface area contributed by atoms with E-state index in [-0.39, 0.29) is 19.4 Å². The second-order valence-electron chi connectivity index (χ2n) is 14.0. The van der Waals surface area contributed by atoms with Gasteiger partial charge in [-0.25, -0.2) is 0 Å². The van der Waals surface area contributed by atoms with Crippen LogP contribution in [0.25, 0.3) is 0 Å². The van der Waals surface area contributed by atoms with Gasteiger partial charge in [-0.05, 0) is 38.5 Å². The van der Waals surface area contributed by atoms with E-state index < -0.39 is 71.2 Å². The molecule has 13 heteroatoms. The van der Waals surface area contributed by atoms with Gasteiger partial charge in [0.2, 0.25) is 0 Å². The summed E-state index contributed by atoms with van der Waals surface area (Å²) < 4.78 is 53.8. The summed E-state index contributed by atoms with van der Waals surface area (Å²) in [5.41, 5.74) is 0. The first-order chi connectivity index (χ1) is 25.0. The van der Waals surface area contributed by atoms with E-state index in [1.54, 1.807) is 0 Å². The van der Waals surface area contributed by atoms with E-state index in [2.05, 4.69) is 38.2 Å². The summed E-state index contributed by atoms with van der Waals surface area (Å²) in [4.78, 5) is 25.2. The smallest absolute Gasteiger partial charge is 0.306 e. The highest BCUT2D eigenvalue weighted by Crippen LogP contribution is 2.24. The molecule has 0 spiro atoms. The topological polar surface area (TPSA) is 186 Å². The van der Waals surface area contributed by atoms with E-state index >= 15 is 0 Å². The molecule has 1 saturated heterocycles. The van der Waals surface area contributed by atoms with Crippen LogP contribution in [0.5, 0.6) is 0 Å². The Bertz CT molecular complexity index is 1080. The minimum Gasteiger partial charge on any atom is -0.462 e. The fraction of sp³-hybridized carbons (Fsp3) is 0.846. The first-order valence-electron chi connectivity index (χ1n) is 19.9. The molecule has 6 atom stereocenters. The largest absolute Gasteiger partial charge is 0.462 e. The van der Waals surface area contributed by atoms with Crippen LogP contribution < -0.4 is 0 Å². The maximum atomic E-state index is 12.7. The highest BCUT2D eigenvalue weighted by molar-refractivity contribution is 7.85. The Labute approximate surface area is 313 Å². The van der Waals surface area contributed by atoms with Gasteiger partial charge in [-0.2, -0.15) is 8.42 Å². The summed E-state index contributed by atoms with van der Waals surface area (Å²) in [6.45, 7) is 3.66. The Morgan fingerprint density at radius 2 is 1.17 bits per heavy atom. The van der Waals surface area contributed by atoms with Gasteiger partial charge < -0.3 is 34.3 Å². The van der Waals surface area contributed by atoms with Gasteiger partial charge in [0.15, 0.2) is 12.4 Å². The van der Waals surface area contributed by atoms with Crippen LogP contribution in [-0.2, 0) is 38.7 Å². The molecule has 0 aliphatic carbocycles. The average molecular weight is 763 g/mol. The van der Waals surface area contributed by atoms with Crippen molar-refractivity contribution < 1.29 is 56.8 Å². The number of hydrogen-bond donors (Lipinski definition) is 4. The zero-order chi connectivity index (χ0) is 38.5. The third kappa shape index (κ3) is 25.2. The Morgan fingerprint density at radius 1 is 0.654 bits per heavy atom. The second-order valence-corrected chi connectivity index (χ2v) is 15.4. The Balaban J connectivity index is 2.51. The molecule has 0 aromatic carbocycles. The number of allylic oxidation sites excluding steroid dienone is 4. The molecule has 0 aromatic rings. The summed E-state index contributed by atoms with van der Waals surface area (Å²) in [5.74, 6) is -2.00. The number of ether oxygens (including phenoxy) is 4. The molecule has 304 valence electrons. The summed E-state index contributed by atoms with van der Waals surface area (Å²) >= 11 is 0. The molecule has 0 aromatic heterocycles. The molecule has 1 heterocycles. The zero-order valence-electron chi connectivity index (χ0n) is 31.9. The van der Waals surface area contributed by atoms with Crippen LogP contribution >= 0.6 is 0 Å². The van der Waals surface area contributed by atoms with Crippen LogP contribution in [-0.4, -0.2) is 96.0 Å². The standard InChI is InChI=1S/C39H70O12S/c1-3-5-7-9-11-13-15-16-17-18-20-21-23-25-27-34(40)48-29-32(50-35(41)28-26-24-22-19-14-12-10-8-6-4-2)30-49-39-38(44)37(43)36(42)33(51-39)31-52(45,46)47/h9,11,15-16,32-33,36-39,42-44H,3-8,10,12-14,17-31H2,1-2H3,(H,45,46,47)/b11-9+,16-15+/t32-,33-,36-,37?,38?,39+/m1/s1. The number of aliphatic hydroxyl groups is 3. The minimum atomic E-state index is -4.60. The number of rotatable bonds is 32. The molecule has 0 bridgehead atoms.